The Bertz CT molecular complexity index is 377. The molecular formula is C12H25NO5S. The summed E-state index contributed by atoms with van der Waals surface area (Å²) >= 11 is 0. The van der Waals surface area contributed by atoms with Gasteiger partial charge in [-0.25, -0.2) is 4.99 Å². The second kappa shape index (κ2) is 7.69. The van der Waals surface area contributed by atoms with E-state index >= 15 is 0 Å². The molecule has 1 aliphatic rings. The molecule has 114 valence electrons. The molecule has 0 aromatic rings. The largest absolute Gasteiger partial charge is 0.444 e. The van der Waals surface area contributed by atoms with Crippen molar-refractivity contribution in [3.05, 3.63) is 0 Å². The summed E-state index contributed by atoms with van der Waals surface area (Å²) in [5.41, 5.74) is -0.526. The SMILES string of the molecule is CC(C)(C)OC(=NC1CCCC1)OS(C)(=O)=O.CO. The Morgan fingerprint density at radius 3 is 2.05 bits per heavy atom. The number of hydrogen-bond acceptors (Lipinski definition) is 6. The van der Waals surface area contributed by atoms with Crippen LogP contribution in [0.3, 0.4) is 0 Å². The maximum absolute atomic E-state index is 11.1. The topological polar surface area (TPSA) is 85.2 Å². The standard InChI is InChI=1S/C11H21NO4S.CH4O/c1-11(2,3)15-10(16-17(4,13)14)12-9-7-5-6-8-9;1-2/h9H,5-8H2,1-4H3;2H,1H3. The summed E-state index contributed by atoms with van der Waals surface area (Å²) < 4.78 is 32.4. The van der Waals surface area contributed by atoms with E-state index in [1.54, 1.807) is 0 Å². The molecule has 0 heterocycles. The zero-order chi connectivity index (χ0) is 15.1. The lowest BCUT2D eigenvalue weighted by Gasteiger charge is -2.21. The van der Waals surface area contributed by atoms with Crippen LogP contribution >= 0.6 is 0 Å². The van der Waals surface area contributed by atoms with Gasteiger partial charge in [0.15, 0.2) is 0 Å². The molecule has 0 aromatic heterocycles. The Kier molecular flexibility index (Phi) is 7.36. The molecule has 19 heavy (non-hydrogen) atoms. The van der Waals surface area contributed by atoms with Crippen LogP contribution < -0.4 is 0 Å². The van der Waals surface area contributed by atoms with E-state index in [4.69, 9.17) is 14.0 Å². The molecule has 1 saturated carbocycles. The fourth-order valence-corrected chi connectivity index (χ4v) is 1.97. The van der Waals surface area contributed by atoms with Crippen LogP contribution in [0.2, 0.25) is 0 Å². The van der Waals surface area contributed by atoms with Gasteiger partial charge >= 0.3 is 16.2 Å². The van der Waals surface area contributed by atoms with E-state index < -0.39 is 15.7 Å². The highest BCUT2D eigenvalue weighted by Crippen LogP contribution is 2.22. The number of aliphatic hydroxyl groups is 1. The molecule has 0 spiro atoms. The van der Waals surface area contributed by atoms with Crippen molar-refractivity contribution < 1.29 is 22.4 Å². The first kappa shape index (κ1) is 18.2. The first-order valence-electron chi connectivity index (χ1n) is 6.27. The third-order valence-corrected chi connectivity index (χ3v) is 2.67. The van der Waals surface area contributed by atoms with E-state index in [1.807, 2.05) is 20.8 Å². The minimum atomic E-state index is -3.59. The molecule has 0 saturated heterocycles. The Hall–Kier alpha value is -0.820. The van der Waals surface area contributed by atoms with Gasteiger partial charge in [0, 0.05) is 7.11 Å². The maximum Gasteiger partial charge on any atom is 0.400 e. The third-order valence-electron chi connectivity index (χ3n) is 2.23. The molecule has 0 atom stereocenters. The van der Waals surface area contributed by atoms with E-state index in [0.717, 1.165) is 39.0 Å². The van der Waals surface area contributed by atoms with Gasteiger partial charge in [0.2, 0.25) is 0 Å². The van der Waals surface area contributed by atoms with Crippen molar-refractivity contribution in [2.75, 3.05) is 13.4 Å². The van der Waals surface area contributed by atoms with Gasteiger partial charge in [-0.2, -0.15) is 8.42 Å². The quantitative estimate of drug-likeness (QED) is 0.476. The zero-order valence-electron chi connectivity index (χ0n) is 12.3. The van der Waals surface area contributed by atoms with Crippen molar-refractivity contribution in [2.45, 2.75) is 58.1 Å². The van der Waals surface area contributed by atoms with E-state index in [0.29, 0.717) is 0 Å². The number of nitrogens with zero attached hydrogens (tertiary/aromatic N) is 1. The van der Waals surface area contributed by atoms with Crippen molar-refractivity contribution in [1.29, 1.82) is 0 Å². The van der Waals surface area contributed by atoms with Crippen molar-refractivity contribution in [3.8, 4) is 0 Å². The molecule has 0 unspecified atom stereocenters. The lowest BCUT2D eigenvalue weighted by Crippen LogP contribution is -2.28. The van der Waals surface area contributed by atoms with Gasteiger partial charge in [-0.05, 0) is 33.6 Å². The predicted molar refractivity (Wildman–Crippen MR) is 74.6 cm³/mol. The fourth-order valence-electron chi connectivity index (χ4n) is 1.64. The van der Waals surface area contributed by atoms with Gasteiger partial charge in [-0.15, -0.1) is 0 Å². The van der Waals surface area contributed by atoms with E-state index in [-0.39, 0.29) is 12.1 Å². The zero-order valence-corrected chi connectivity index (χ0v) is 13.2. The summed E-state index contributed by atoms with van der Waals surface area (Å²) in [7, 11) is -2.59. The highest BCUT2D eigenvalue weighted by molar-refractivity contribution is 7.86. The molecule has 1 rings (SSSR count). The highest BCUT2D eigenvalue weighted by atomic mass is 32.2. The minimum absolute atomic E-state index is 0.120. The van der Waals surface area contributed by atoms with Crippen molar-refractivity contribution >= 4 is 16.2 Å². The van der Waals surface area contributed by atoms with Crippen LogP contribution in [0.5, 0.6) is 0 Å². The Morgan fingerprint density at radius 2 is 1.68 bits per heavy atom. The Morgan fingerprint density at radius 1 is 1.21 bits per heavy atom. The van der Waals surface area contributed by atoms with Crippen LogP contribution in [-0.4, -0.2) is 44.6 Å². The second-order valence-corrected chi connectivity index (χ2v) is 6.91. The number of aliphatic hydroxyl groups excluding tert-OH is 1. The molecule has 1 N–H and O–H groups in total. The molecular weight excluding hydrogens is 270 g/mol. The molecule has 6 nitrogen and oxygen atoms in total. The summed E-state index contributed by atoms with van der Waals surface area (Å²) in [6.45, 7) is 5.47. The summed E-state index contributed by atoms with van der Waals surface area (Å²) in [4.78, 5) is 4.24. The van der Waals surface area contributed by atoms with Crippen LogP contribution in [0.25, 0.3) is 0 Å². The Balaban J connectivity index is 0.00000154. The fraction of sp³-hybridized carbons (Fsp3) is 0.917. The molecule has 0 bridgehead atoms. The Labute approximate surface area is 116 Å². The number of aliphatic imine (C=N–C) groups is 1. The minimum Gasteiger partial charge on any atom is -0.444 e. The first-order chi connectivity index (χ1) is 8.66. The van der Waals surface area contributed by atoms with Gasteiger partial charge in [0.25, 0.3) is 0 Å². The second-order valence-electron chi connectivity index (χ2n) is 5.34. The third kappa shape index (κ3) is 9.72. The van der Waals surface area contributed by atoms with Gasteiger partial charge in [0.1, 0.15) is 5.60 Å². The van der Waals surface area contributed by atoms with E-state index in [9.17, 15) is 8.42 Å². The summed E-state index contributed by atoms with van der Waals surface area (Å²) in [5, 5.41) is 7.00. The van der Waals surface area contributed by atoms with Crippen molar-refractivity contribution in [1.82, 2.24) is 0 Å². The molecule has 0 radical (unpaired) electrons. The van der Waals surface area contributed by atoms with Gasteiger partial charge in [0.05, 0.1) is 12.3 Å². The maximum atomic E-state index is 11.1. The van der Waals surface area contributed by atoms with Crippen molar-refractivity contribution in [2.24, 2.45) is 4.99 Å². The van der Waals surface area contributed by atoms with Crippen LogP contribution in [-0.2, 0) is 19.0 Å². The summed E-state index contributed by atoms with van der Waals surface area (Å²) in [5.74, 6) is 0. The lowest BCUT2D eigenvalue weighted by molar-refractivity contribution is 0.0845. The number of rotatable bonds is 2. The van der Waals surface area contributed by atoms with Gasteiger partial charge in [-0.1, -0.05) is 12.8 Å². The van der Waals surface area contributed by atoms with Crippen LogP contribution in [0.4, 0.5) is 0 Å². The van der Waals surface area contributed by atoms with Crippen LogP contribution in [0.1, 0.15) is 46.5 Å². The molecule has 0 amide bonds. The number of hydrogen-bond donors (Lipinski definition) is 1. The summed E-state index contributed by atoms with van der Waals surface area (Å²) in [6, 6.07) is 0.120. The lowest BCUT2D eigenvalue weighted by atomic mass is 10.2. The van der Waals surface area contributed by atoms with Gasteiger partial charge < -0.3 is 14.0 Å². The van der Waals surface area contributed by atoms with Crippen LogP contribution in [0, 0.1) is 0 Å². The van der Waals surface area contributed by atoms with Crippen LogP contribution in [0.15, 0.2) is 4.99 Å². The molecule has 7 heteroatoms. The molecule has 0 aromatic carbocycles. The normalized spacial score (nSPS) is 17.7. The van der Waals surface area contributed by atoms with Gasteiger partial charge in [-0.3, -0.25) is 0 Å². The first-order valence-corrected chi connectivity index (χ1v) is 8.08. The molecule has 1 fully saturated rings. The van der Waals surface area contributed by atoms with E-state index in [1.165, 1.54) is 0 Å². The highest BCUT2D eigenvalue weighted by Gasteiger charge is 2.22. The number of ether oxygens (including phenoxy) is 1. The average Bonchev–Trinajstić information content (AvgIpc) is 2.68. The average molecular weight is 295 g/mol. The van der Waals surface area contributed by atoms with Crippen molar-refractivity contribution in [3.63, 3.8) is 0 Å². The van der Waals surface area contributed by atoms with E-state index in [2.05, 4.69) is 4.99 Å². The smallest absolute Gasteiger partial charge is 0.400 e. The molecule has 1 aliphatic carbocycles. The molecule has 0 aliphatic heterocycles. The monoisotopic (exact) mass is 295 g/mol. The summed E-state index contributed by atoms with van der Waals surface area (Å²) in [6.07, 6.45) is 5.02. The predicted octanol–water partition coefficient (Wildman–Crippen LogP) is 1.68.